The number of benzene rings is 1. The number of hydrogen-bond acceptors (Lipinski definition) is 2. The summed E-state index contributed by atoms with van der Waals surface area (Å²) in [4.78, 5) is 13.1. The van der Waals surface area contributed by atoms with E-state index in [1.807, 2.05) is 43.3 Å². The third kappa shape index (κ3) is 2.60. The molecule has 0 bridgehead atoms. The first-order chi connectivity index (χ1) is 7.66. The molecule has 1 aromatic heterocycles. The molecule has 2 aromatic rings. The molecule has 0 atom stereocenters. The number of carbonyl (C=O) groups is 1. The van der Waals surface area contributed by atoms with E-state index in [4.69, 9.17) is 0 Å². The molecule has 0 fully saturated rings. The van der Waals surface area contributed by atoms with Crippen LogP contribution < -0.4 is 0 Å². The fourth-order valence-corrected chi connectivity index (χ4v) is 3.31. The van der Waals surface area contributed by atoms with Gasteiger partial charge in [-0.2, -0.15) is 0 Å². The normalized spacial score (nSPS) is 10.4. The van der Waals surface area contributed by atoms with Crippen molar-refractivity contribution >= 4 is 33.0 Å². The average Bonchev–Trinajstić information content (AvgIpc) is 2.59. The van der Waals surface area contributed by atoms with E-state index < -0.39 is 0 Å². The Morgan fingerprint density at radius 1 is 1.31 bits per heavy atom. The summed E-state index contributed by atoms with van der Waals surface area (Å²) in [6.07, 6.45) is 0.477. The third-order valence-electron chi connectivity index (χ3n) is 2.40. The quantitative estimate of drug-likeness (QED) is 0.774. The summed E-state index contributed by atoms with van der Waals surface area (Å²) in [5.41, 5.74) is 1.90. The standard InChI is InChI=1S/C13H11BrOS/c1-9-11(8-13(14)16-9)12(15)7-10-5-3-2-4-6-10/h2-6,8H,7H2,1H3. The molecular formula is C13H11BrOS. The van der Waals surface area contributed by atoms with Crippen LogP contribution in [0.5, 0.6) is 0 Å². The molecule has 0 aliphatic carbocycles. The third-order valence-corrected chi connectivity index (χ3v) is 3.95. The van der Waals surface area contributed by atoms with Crippen molar-refractivity contribution in [2.24, 2.45) is 0 Å². The first-order valence-electron chi connectivity index (χ1n) is 5.00. The average molecular weight is 295 g/mol. The number of Topliss-reactive ketones (excluding diaryl/α,β-unsaturated/α-hetero) is 1. The summed E-state index contributed by atoms with van der Waals surface area (Å²) >= 11 is 5.01. The maximum atomic E-state index is 12.0. The van der Waals surface area contributed by atoms with Crippen LogP contribution in [-0.2, 0) is 6.42 Å². The lowest BCUT2D eigenvalue weighted by atomic mass is 10.0. The Morgan fingerprint density at radius 2 is 2.00 bits per heavy atom. The molecule has 0 saturated heterocycles. The van der Waals surface area contributed by atoms with Gasteiger partial charge in [0.05, 0.1) is 3.79 Å². The van der Waals surface area contributed by atoms with E-state index in [-0.39, 0.29) is 5.78 Å². The highest BCUT2D eigenvalue weighted by Gasteiger charge is 2.12. The molecule has 0 saturated carbocycles. The molecule has 0 aliphatic rings. The lowest BCUT2D eigenvalue weighted by Gasteiger charge is -2.00. The molecule has 1 aromatic carbocycles. The zero-order valence-electron chi connectivity index (χ0n) is 8.87. The second-order valence-corrected chi connectivity index (χ2v) is 6.24. The summed E-state index contributed by atoms with van der Waals surface area (Å²) in [5.74, 6) is 0.186. The second-order valence-electron chi connectivity index (χ2n) is 3.61. The van der Waals surface area contributed by atoms with Crippen molar-refractivity contribution in [3.63, 3.8) is 0 Å². The molecule has 0 N–H and O–H groups in total. The minimum atomic E-state index is 0.186. The number of carbonyl (C=O) groups excluding carboxylic acids is 1. The van der Waals surface area contributed by atoms with E-state index in [1.165, 1.54) is 0 Å². The molecule has 3 heteroatoms. The Labute approximate surface area is 107 Å². The Hall–Kier alpha value is -0.930. The Morgan fingerprint density at radius 3 is 2.56 bits per heavy atom. The first-order valence-corrected chi connectivity index (χ1v) is 6.61. The number of ketones is 1. The minimum Gasteiger partial charge on any atom is -0.294 e. The molecule has 0 radical (unpaired) electrons. The van der Waals surface area contributed by atoms with Gasteiger partial charge < -0.3 is 0 Å². The summed E-state index contributed by atoms with van der Waals surface area (Å²) in [6.45, 7) is 1.98. The zero-order chi connectivity index (χ0) is 11.5. The number of aryl methyl sites for hydroxylation is 1. The smallest absolute Gasteiger partial charge is 0.168 e. The molecule has 2 rings (SSSR count). The van der Waals surface area contributed by atoms with Crippen molar-refractivity contribution in [2.75, 3.05) is 0 Å². The van der Waals surface area contributed by atoms with Crippen molar-refractivity contribution in [3.8, 4) is 0 Å². The van der Waals surface area contributed by atoms with Crippen LogP contribution >= 0.6 is 27.3 Å². The Kier molecular flexibility index (Phi) is 3.56. The van der Waals surface area contributed by atoms with Gasteiger partial charge in [-0.3, -0.25) is 4.79 Å². The van der Waals surface area contributed by atoms with Crippen molar-refractivity contribution in [2.45, 2.75) is 13.3 Å². The van der Waals surface area contributed by atoms with Crippen LogP contribution in [0.15, 0.2) is 40.2 Å². The minimum absolute atomic E-state index is 0.186. The number of thiophene rings is 1. The topological polar surface area (TPSA) is 17.1 Å². The zero-order valence-corrected chi connectivity index (χ0v) is 11.3. The number of halogens is 1. The molecule has 1 nitrogen and oxygen atoms in total. The van der Waals surface area contributed by atoms with E-state index in [1.54, 1.807) is 11.3 Å². The predicted molar refractivity (Wildman–Crippen MR) is 71.2 cm³/mol. The van der Waals surface area contributed by atoms with Crippen LogP contribution in [-0.4, -0.2) is 5.78 Å². The molecule has 0 amide bonds. The van der Waals surface area contributed by atoms with Crippen LogP contribution in [0.25, 0.3) is 0 Å². The predicted octanol–water partition coefficient (Wildman–Crippen LogP) is 4.24. The van der Waals surface area contributed by atoms with Gasteiger partial charge in [0.2, 0.25) is 0 Å². The second kappa shape index (κ2) is 4.93. The summed E-state index contributed by atoms with van der Waals surface area (Å²) < 4.78 is 1.02. The van der Waals surface area contributed by atoms with Crippen LogP contribution in [0, 0.1) is 6.92 Å². The fraction of sp³-hybridized carbons (Fsp3) is 0.154. The summed E-state index contributed by atoms with van der Waals surface area (Å²) in [7, 11) is 0. The Bertz CT molecular complexity index is 502. The fourth-order valence-electron chi connectivity index (χ4n) is 1.60. The van der Waals surface area contributed by atoms with Gasteiger partial charge in [-0.25, -0.2) is 0 Å². The number of rotatable bonds is 3. The molecule has 1 heterocycles. The van der Waals surface area contributed by atoms with Crippen LogP contribution in [0.4, 0.5) is 0 Å². The molecular weight excluding hydrogens is 284 g/mol. The molecule has 0 spiro atoms. The van der Waals surface area contributed by atoms with E-state index in [9.17, 15) is 4.79 Å². The van der Waals surface area contributed by atoms with Gasteiger partial charge >= 0.3 is 0 Å². The van der Waals surface area contributed by atoms with Crippen LogP contribution in [0.1, 0.15) is 20.8 Å². The number of hydrogen-bond donors (Lipinski definition) is 0. The monoisotopic (exact) mass is 294 g/mol. The van der Waals surface area contributed by atoms with Crippen LogP contribution in [0.3, 0.4) is 0 Å². The van der Waals surface area contributed by atoms with Gasteiger partial charge in [-0.1, -0.05) is 30.3 Å². The van der Waals surface area contributed by atoms with Gasteiger partial charge in [0.1, 0.15) is 0 Å². The van der Waals surface area contributed by atoms with E-state index in [0.717, 1.165) is 19.8 Å². The summed E-state index contributed by atoms with van der Waals surface area (Å²) in [6, 6.07) is 11.7. The van der Waals surface area contributed by atoms with Crippen molar-refractivity contribution in [1.29, 1.82) is 0 Å². The van der Waals surface area contributed by atoms with Crippen molar-refractivity contribution in [3.05, 3.63) is 56.2 Å². The van der Waals surface area contributed by atoms with Gasteiger partial charge in [-0.05, 0) is 34.5 Å². The van der Waals surface area contributed by atoms with Crippen molar-refractivity contribution in [1.82, 2.24) is 0 Å². The van der Waals surface area contributed by atoms with Gasteiger partial charge in [-0.15, -0.1) is 11.3 Å². The van der Waals surface area contributed by atoms with Gasteiger partial charge in [0.15, 0.2) is 5.78 Å². The maximum absolute atomic E-state index is 12.0. The van der Waals surface area contributed by atoms with Crippen LogP contribution in [0.2, 0.25) is 0 Å². The highest BCUT2D eigenvalue weighted by Crippen LogP contribution is 2.27. The van der Waals surface area contributed by atoms with E-state index >= 15 is 0 Å². The SMILES string of the molecule is Cc1sc(Br)cc1C(=O)Cc1ccccc1. The largest absolute Gasteiger partial charge is 0.294 e. The molecule has 0 unspecified atom stereocenters. The van der Waals surface area contributed by atoms with E-state index in [0.29, 0.717) is 6.42 Å². The molecule has 0 aliphatic heterocycles. The van der Waals surface area contributed by atoms with Gasteiger partial charge in [0.25, 0.3) is 0 Å². The highest BCUT2D eigenvalue weighted by molar-refractivity contribution is 9.11. The molecule has 82 valence electrons. The maximum Gasteiger partial charge on any atom is 0.168 e. The lowest BCUT2D eigenvalue weighted by Crippen LogP contribution is -2.03. The van der Waals surface area contributed by atoms with E-state index in [2.05, 4.69) is 15.9 Å². The lowest BCUT2D eigenvalue weighted by molar-refractivity contribution is 0.0993. The first kappa shape index (κ1) is 11.6. The van der Waals surface area contributed by atoms with Crippen molar-refractivity contribution < 1.29 is 4.79 Å². The molecule has 16 heavy (non-hydrogen) atoms. The highest BCUT2D eigenvalue weighted by atomic mass is 79.9. The summed E-state index contributed by atoms with van der Waals surface area (Å²) in [5, 5.41) is 0. The van der Waals surface area contributed by atoms with Gasteiger partial charge in [0, 0.05) is 16.9 Å². The Balaban J connectivity index is 2.18.